The quantitative estimate of drug-likeness (QED) is 0.660. The maximum Gasteiger partial charge on any atom is 0.139 e. The predicted octanol–water partition coefficient (Wildman–Crippen LogP) is 4.34. The predicted molar refractivity (Wildman–Crippen MR) is 83.0 cm³/mol. The Hall–Kier alpha value is -1.58. The molecular weight excluding hydrogens is 297 g/mol. The molecule has 2 rings (SSSR count). The van der Waals surface area contributed by atoms with Gasteiger partial charge >= 0.3 is 0 Å². The van der Waals surface area contributed by atoms with Crippen LogP contribution in [-0.4, -0.2) is 13.2 Å². The molecule has 0 amide bonds. The van der Waals surface area contributed by atoms with Gasteiger partial charge in [-0.3, -0.25) is 0 Å². The van der Waals surface area contributed by atoms with Gasteiger partial charge in [0.15, 0.2) is 0 Å². The second-order valence-electron chi connectivity index (χ2n) is 4.29. The second kappa shape index (κ2) is 6.73. The van der Waals surface area contributed by atoms with Gasteiger partial charge in [-0.15, -0.1) is 0 Å². The van der Waals surface area contributed by atoms with Crippen LogP contribution in [0.5, 0.6) is 11.5 Å². The molecule has 5 heteroatoms. The lowest BCUT2D eigenvalue weighted by Gasteiger charge is -2.10. The van der Waals surface area contributed by atoms with Crippen molar-refractivity contribution in [1.29, 1.82) is 0 Å². The van der Waals surface area contributed by atoms with Crippen molar-refractivity contribution in [2.24, 2.45) is 0 Å². The van der Waals surface area contributed by atoms with Crippen LogP contribution in [0, 0.1) is 6.92 Å². The topological polar surface area (TPSA) is 44.5 Å². The number of nitrogens with two attached hydrogens (primary N) is 1. The molecule has 3 nitrogen and oxygen atoms in total. The number of ether oxygens (including phenoxy) is 2. The fourth-order valence-electron chi connectivity index (χ4n) is 1.61. The minimum atomic E-state index is 0.369. The molecule has 0 aliphatic rings. The van der Waals surface area contributed by atoms with Gasteiger partial charge in [0.05, 0.1) is 5.02 Å². The van der Waals surface area contributed by atoms with E-state index in [0.29, 0.717) is 40.4 Å². The van der Waals surface area contributed by atoms with E-state index in [0.717, 1.165) is 5.56 Å². The highest BCUT2D eigenvalue weighted by Crippen LogP contribution is 2.27. The summed E-state index contributed by atoms with van der Waals surface area (Å²) in [7, 11) is 0. The fraction of sp³-hybridized carbons (Fsp3) is 0.200. The van der Waals surface area contributed by atoms with Crippen LogP contribution in [0.4, 0.5) is 5.69 Å². The summed E-state index contributed by atoms with van der Waals surface area (Å²) in [5.74, 6) is 1.26. The summed E-state index contributed by atoms with van der Waals surface area (Å²) in [6.07, 6.45) is 0. The van der Waals surface area contributed by atoms with Gasteiger partial charge in [-0.25, -0.2) is 0 Å². The smallest absolute Gasteiger partial charge is 0.139 e. The highest BCUT2D eigenvalue weighted by Gasteiger charge is 2.03. The first-order valence-electron chi connectivity index (χ1n) is 6.13. The van der Waals surface area contributed by atoms with E-state index in [1.807, 2.05) is 19.1 Å². The van der Waals surface area contributed by atoms with Crippen molar-refractivity contribution in [2.75, 3.05) is 18.9 Å². The monoisotopic (exact) mass is 311 g/mol. The lowest BCUT2D eigenvalue weighted by molar-refractivity contribution is 0.217. The van der Waals surface area contributed by atoms with Crippen LogP contribution in [0.3, 0.4) is 0 Å². The molecule has 0 heterocycles. The number of rotatable bonds is 5. The van der Waals surface area contributed by atoms with Crippen LogP contribution in [0.2, 0.25) is 10.0 Å². The van der Waals surface area contributed by atoms with Crippen molar-refractivity contribution in [3.8, 4) is 11.5 Å². The molecule has 0 fully saturated rings. The Morgan fingerprint density at radius 1 is 1.00 bits per heavy atom. The average molecular weight is 312 g/mol. The van der Waals surface area contributed by atoms with Gasteiger partial charge in [-0.05, 0) is 30.7 Å². The highest BCUT2D eigenvalue weighted by molar-refractivity contribution is 6.34. The van der Waals surface area contributed by atoms with Crippen molar-refractivity contribution in [2.45, 2.75) is 6.92 Å². The van der Waals surface area contributed by atoms with Gasteiger partial charge in [-0.2, -0.15) is 0 Å². The number of hydrogen-bond acceptors (Lipinski definition) is 3. The Bertz CT molecular complexity index is 602. The second-order valence-corrected chi connectivity index (χ2v) is 5.13. The van der Waals surface area contributed by atoms with Crippen LogP contribution in [0.25, 0.3) is 0 Å². The summed E-state index contributed by atoms with van der Waals surface area (Å²) in [4.78, 5) is 0. The van der Waals surface area contributed by atoms with E-state index in [1.165, 1.54) is 0 Å². The van der Waals surface area contributed by atoms with Crippen molar-refractivity contribution in [3.05, 3.63) is 52.0 Å². The third-order valence-electron chi connectivity index (χ3n) is 2.75. The number of nitrogen functional groups attached to an aromatic ring is 1. The molecule has 0 saturated heterocycles. The van der Waals surface area contributed by atoms with E-state index < -0.39 is 0 Å². The van der Waals surface area contributed by atoms with Gasteiger partial charge in [0, 0.05) is 22.8 Å². The van der Waals surface area contributed by atoms with E-state index >= 15 is 0 Å². The van der Waals surface area contributed by atoms with Crippen LogP contribution in [-0.2, 0) is 0 Å². The zero-order chi connectivity index (χ0) is 14.5. The van der Waals surface area contributed by atoms with Crippen molar-refractivity contribution in [3.63, 3.8) is 0 Å². The molecule has 2 aromatic rings. The van der Waals surface area contributed by atoms with Crippen LogP contribution in [0.15, 0.2) is 36.4 Å². The van der Waals surface area contributed by atoms with Gasteiger partial charge in [0.2, 0.25) is 0 Å². The van der Waals surface area contributed by atoms with E-state index in [2.05, 4.69) is 0 Å². The fourth-order valence-corrected chi connectivity index (χ4v) is 1.94. The molecule has 2 N–H and O–H groups in total. The molecule has 0 saturated carbocycles. The summed E-state index contributed by atoms with van der Waals surface area (Å²) in [5.41, 5.74) is 7.55. The Labute approximate surface area is 128 Å². The summed E-state index contributed by atoms with van der Waals surface area (Å²) in [6.45, 7) is 2.71. The van der Waals surface area contributed by atoms with E-state index in [-0.39, 0.29) is 0 Å². The summed E-state index contributed by atoms with van der Waals surface area (Å²) in [6, 6.07) is 10.7. The molecule has 0 aliphatic carbocycles. The van der Waals surface area contributed by atoms with Gasteiger partial charge in [0.25, 0.3) is 0 Å². The maximum absolute atomic E-state index is 5.99. The summed E-state index contributed by atoms with van der Waals surface area (Å²) in [5, 5.41) is 1.10. The minimum absolute atomic E-state index is 0.369. The molecule has 0 bridgehead atoms. The highest BCUT2D eigenvalue weighted by atomic mass is 35.5. The van der Waals surface area contributed by atoms with Gasteiger partial charge < -0.3 is 15.2 Å². The molecule has 2 aromatic carbocycles. The van der Waals surface area contributed by atoms with Crippen LogP contribution in [0.1, 0.15) is 5.56 Å². The number of halogens is 2. The standard InChI is InChI=1S/C15H15Cl2NO2/c1-10-2-4-12(9-14(10)18)19-6-7-20-15-8-11(16)3-5-13(15)17/h2-5,8-9H,6-7,18H2,1H3. The summed E-state index contributed by atoms with van der Waals surface area (Å²) >= 11 is 11.9. The zero-order valence-corrected chi connectivity index (χ0v) is 12.5. The third-order valence-corrected chi connectivity index (χ3v) is 3.30. The van der Waals surface area contributed by atoms with E-state index in [1.54, 1.807) is 24.3 Å². The minimum Gasteiger partial charge on any atom is -0.490 e. The number of anilines is 1. The van der Waals surface area contributed by atoms with Crippen molar-refractivity contribution in [1.82, 2.24) is 0 Å². The Balaban J connectivity index is 1.84. The number of aryl methyl sites for hydroxylation is 1. The average Bonchev–Trinajstić information content (AvgIpc) is 2.42. The lowest BCUT2D eigenvalue weighted by atomic mass is 10.2. The molecular formula is C15H15Cl2NO2. The molecule has 0 aliphatic heterocycles. The first-order valence-corrected chi connectivity index (χ1v) is 6.88. The van der Waals surface area contributed by atoms with Gasteiger partial charge in [-0.1, -0.05) is 29.3 Å². The normalized spacial score (nSPS) is 10.3. The first kappa shape index (κ1) is 14.8. The van der Waals surface area contributed by atoms with Crippen LogP contribution < -0.4 is 15.2 Å². The number of hydrogen-bond donors (Lipinski definition) is 1. The molecule has 0 unspecified atom stereocenters. The maximum atomic E-state index is 5.99. The molecule has 20 heavy (non-hydrogen) atoms. The Morgan fingerprint density at radius 3 is 2.50 bits per heavy atom. The number of benzene rings is 2. The summed E-state index contributed by atoms with van der Waals surface area (Å²) < 4.78 is 11.1. The van der Waals surface area contributed by atoms with Crippen LogP contribution >= 0.6 is 23.2 Å². The molecule has 0 radical (unpaired) electrons. The van der Waals surface area contributed by atoms with Crippen molar-refractivity contribution < 1.29 is 9.47 Å². The zero-order valence-electron chi connectivity index (χ0n) is 11.0. The molecule has 0 atom stereocenters. The third kappa shape index (κ3) is 3.95. The Kier molecular flexibility index (Phi) is 4.99. The molecule has 0 aromatic heterocycles. The van der Waals surface area contributed by atoms with Gasteiger partial charge in [0.1, 0.15) is 24.7 Å². The van der Waals surface area contributed by atoms with Crippen molar-refractivity contribution >= 4 is 28.9 Å². The SMILES string of the molecule is Cc1ccc(OCCOc2cc(Cl)ccc2Cl)cc1N. The van der Waals surface area contributed by atoms with E-state index in [9.17, 15) is 0 Å². The molecule has 106 valence electrons. The Morgan fingerprint density at radius 2 is 1.75 bits per heavy atom. The molecule has 0 spiro atoms. The largest absolute Gasteiger partial charge is 0.490 e. The first-order chi connectivity index (χ1) is 9.56. The van der Waals surface area contributed by atoms with E-state index in [4.69, 9.17) is 38.4 Å². The lowest BCUT2D eigenvalue weighted by Crippen LogP contribution is -2.09.